The number of carbonyl (C=O) groups excluding carboxylic acids is 3. The molecule has 6 aromatic carbocycles. The average molecular weight is 1770 g/mol. The molecule has 1 saturated heterocycles. The van der Waals surface area contributed by atoms with Gasteiger partial charge < -0.3 is 32.8 Å². The topological polar surface area (TPSA) is 206 Å². The van der Waals surface area contributed by atoms with Crippen LogP contribution in [0.15, 0.2) is 116 Å². The number of methoxy groups -OCH3 is 3. The van der Waals surface area contributed by atoms with Gasteiger partial charge in [-0.15, -0.1) is 0 Å². The molecule has 12 rings (SSSR count). The first-order chi connectivity index (χ1) is 56.9. The molecule has 2 aromatic heterocycles. The van der Waals surface area contributed by atoms with Crippen molar-refractivity contribution in [2.24, 2.45) is 14.1 Å². The number of phenols is 1. The van der Waals surface area contributed by atoms with Crippen LogP contribution in [-0.4, -0.2) is 166 Å². The molecule has 4 aliphatic rings. The normalized spacial score (nSPS) is 19.2. The monoisotopic (exact) mass is 1770 g/mol. The maximum Gasteiger partial charge on any atom is 0.534 e. The van der Waals surface area contributed by atoms with Crippen LogP contribution in [-0.2, 0) is 81.4 Å². The van der Waals surface area contributed by atoms with Crippen LogP contribution >= 0.6 is 0 Å². The number of fused-ring (bicyclic) bond motifs is 3. The summed E-state index contributed by atoms with van der Waals surface area (Å²) < 4.78 is 275. The number of aromatic hydroxyl groups is 1. The number of phenolic OH excluding ortho intramolecular Hbond substituents is 1. The fourth-order valence-corrected chi connectivity index (χ4v) is 15.4. The number of nitrogens with zero attached hydrogens (tertiary/aromatic N) is 7. The van der Waals surface area contributed by atoms with Crippen LogP contribution in [0.1, 0.15) is 182 Å². The highest BCUT2D eigenvalue weighted by atomic mass is 32.2. The highest BCUT2D eigenvalue weighted by Crippen LogP contribution is 2.48. The predicted molar refractivity (Wildman–Crippen MR) is 437 cm³/mol. The number of aromatic nitrogens is 4. The minimum absolute atomic E-state index is 0. The lowest BCUT2D eigenvalue weighted by molar-refractivity contribution is -0.135. The zero-order chi connectivity index (χ0) is 91.6. The van der Waals surface area contributed by atoms with Gasteiger partial charge in [-0.05, 0) is 250 Å². The number of carbonyl (C=O) groups is 3. The van der Waals surface area contributed by atoms with Crippen molar-refractivity contribution in [3.05, 3.63) is 235 Å². The molecule has 6 atom stereocenters. The van der Waals surface area contributed by atoms with Crippen LogP contribution < -0.4 is 9.65 Å². The van der Waals surface area contributed by atoms with Gasteiger partial charge in [0, 0.05) is 122 Å². The fraction of sp³-hybridized carbons (Fsp3) is 0.420. The van der Waals surface area contributed by atoms with E-state index in [1.165, 1.54) is 84.9 Å². The van der Waals surface area contributed by atoms with Crippen molar-refractivity contribution < 1.29 is 121 Å². The molecule has 0 saturated carbocycles. The third kappa shape index (κ3) is 23.6. The van der Waals surface area contributed by atoms with Crippen LogP contribution in [0.4, 0.5) is 65.9 Å². The molecular formula is C88H99BF15N7O12S. The van der Waals surface area contributed by atoms with Gasteiger partial charge in [0.05, 0.1) is 56.9 Å². The van der Waals surface area contributed by atoms with Gasteiger partial charge in [-0.25, -0.2) is 67.1 Å². The molecule has 4 aliphatic heterocycles. The van der Waals surface area contributed by atoms with Crippen LogP contribution in [0.3, 0.4) is 0 Å². The molecule has 0 bridgehead atoms. The standard InChI is InChI=1S/C28H29F4N3O2.C25H24F7NO5S.C24H25F4NO3.C10H17BN2O2.CH4/c1-16-8-18-11-20(19-13-33-34(4)14-19)22(29)12-21(18)27(35(16)15-28(2,3)32)26-23(30)9-17(10-24(26)31)6-7-25(36)37-5;1-13-7-15-10-20(38-39(35,36)25(30,31)32)17(26)11-16(15)23(33(13)12-24(2,3)29)22-18(27)8-14(9-19(22)28)5-6-21(34)37-4;1-13-7-15-10-20(30)17(25)11-16(15)23(29(13)12-24(2,3)28)22-18(26)8-14(9-19(22)27)5-6-21(31)32-4;1-9(2)10(3,4)15-11(14-9)8-6-12-13(5)7-8;/h6-7,9-14,16,27H,8,15H2,1-5H3;5-6,8-11,13,23H,7,12H2,1-4H3;5-6,8-11,13,23,30H,7,12H2,1-4H3;6-7H,1-5H3;1H4/b7-6+;2*6-5+;;. The average Bonchev–Trinajstić information content (AvgIpc) is 0.966. The molecule has 124 heavy (non-hydrogen) atoms. The maximum absolute atomic E-state index is 15.6. The Hall–Kier alpha value is -10.3. The lowest BCUT2D eigenvalue weighted by Gasteiger charge is -2.44. The first kappa shape index (κ1) is 99.2. The summed E-state index contributed by atoms with van der Waals surface area (Å²) in [6.07, 6.45) is 14.2. The van der Waals surface area contributed by atoms with E-state index in [9.17, 15) is 63.0 Å². The number of hydrogen-bond donors (Lipinski definition) is 1. The van der Waals surface area contributed by atoms with Crippen molar-refractivity contribution in [2.45, 2.75) is 187 Å². The van der Waals surface area contributed by atoms with Gasteiger partial charge in [-0.3, -0.25) is 24.1 Å². The number of alkyl halides is 6. The Morgan fingerprint density at radius 1 is 0.492 bits per heavy atom. The molecule has 19 nitrogen and oxygen atoms in total. The predicted octanol–water partition coefficient (Wildman–Crippen LogP) is 17.8. The number of aryl methyl sites for hydroxylation is 2. The smallest absolute Gasteiger partial charge is 0.505 e. The van der Waals surface area contributed by atoms with Crippen LogP contribution in [0, 0.1) is 52.4 Å². The van der Waals surface area contributed by atoms with Gasteiger partial charge in [0.25, 0.3) is 0 Å². The Kier molecular flexibility index (Phi) is 30.9. The van der Waals surface area contributed by atoms with E-state index >= 15 is 30.7 Å². The Morgan fingerprint density at radius 3 is 1.13 bits per heavy atom. The second kappa shape index (κ2) is 38.7. The van der Waals surface area contributed by atoms with E-state index in [0.29, 0.717) is 41.2 Å². The summed E-state index contributed by atoms with van der Waals surface area (Å²) in [6.45, 7) is 20.7. The molecule has 6 heterocycles. The molecule has 0 amide bonds. The summed E-state index contributed by atoms with van der Waals surface area (Å²) in [6, 6.07) is 7.70. The molecule has 1 N–H and O–H groups in total. The number of ether oxygens (including phenoxy) is 3. The van der Waals surface area contributed by atoms with E-state index in [2.05, 4.69) is 28.6 Å². The highest BCUT2D eigenvalue weighted by Gasteiger charge is 2.53. The molecule has 36 heteroatoms. The zero-order valence-corrected chi connectivity index (χ0v) is 71.4. The van der Waals surface area contributed by atoms with Gasteiger partial charge in [-0.1, -0.05) is 7.43 Å². The maximum atomic E-state index is 15.6. The van der Waals surface area contributed by atoms with Crippen LogP contribution in [0.2, 0.25) is 0 Å². The molecule has 1 fully saturated rings. The molecule has 0 aliphatic carbocycles. The summed E-state index contributed by atoms with van der Waals surface area (Å²) in [4.78, 5) is 38.7. The molecule has 0 radical (unpaired) electrons. The van der Waals surface area contributed by atoms with Gasteiger partial charge >= 0.3 is 40.7 Å². The lowest BCUT2D eigenvalue weighted by Crippen LogP contribution is -2.48. The number of benzene rings is 6. The van der Waals surface area contributed by atoms with Gasteiger partial charge in [0.1, 0.15) is 57.7 Å². The van der Waals surface area contributed by atoms with Crippen molar-refractivity contribution in [3.8, 4) is 22.6 Å². The van der Waals surface area contributed by atoms with E-state index < -0.39 is 144 Å². The second-order valence-corrected chi connectivity index (χ2v) is 34.8. The lowest BCUT2D eigenvalue weighted by atomic mass is 9.82. The first-order valence-electron chi connectivity index (χ1n) is 38.5. The first-order valence-corrected chi connectivity index (χ1v) is 39.9. The summed E-state index contributed by atoms with van der Waals surface area (Å²) >= 11 is 0. The summed E-state index contributed by atoms with van der Waals surface area (Å²) in [5.74, 6) is -12.9. The number of hydrogen-bond acceptors (Lipinski definition) is 17. The van der Waals surface area contributed by atoms with E-state index in [-0.39, 0.29) is 108 Å². The molecule has 0 spiro atoms. The molecule has 6 unspecified atom stereocenters. The second-order valence-electron chi connectivity index (χ2n) is 33.2. The zero-order valence-electron chi connectivity index (χ0n) is 70.6. The van der Waals surface area contributed by atoms with Crippen molar-refractivity contribution in [1.82, 2.24) is 34.3 Å². The van der Waals surface area contributed by atoms with E-state index in [1.54, 1.807) is 64.7 Å². The Labute approximate surface area is 710 Å². The largest absolute Gasteiger partial charge is 0.534 e. The third-order valence-corrected chi connectivity index (χ3v) is 22.1. The van der Waals surface area contributed by atoms with Crippen molar-refractivity contribution >= 4 is 58.8 Å². The Balaban J connectivity index is 0.000000212. The van der Waals surface area contributed by atoms with Crippen LogP contribution in [0.5, 0.6) is 11.5 Å². The van der Waals surface area contributed by atoms with Gasteiger partial charge in [0.2, 0.25) is 0 Å². The van der Waals surface area contributed by atoms with Gasteiger partial charge in [0.15, 0.2) is 23.1 Å². The molecular weight excluding hydrogens is 1670 g/mol. The Morgan fingerprint density at radius 2 is 0.815 bits per heavy atom. The molecule has 672 valence electrons. The van der Waals surface area contributed by atoms with Crippen molar-refractivity contribution in [2.75, 3.05) is 41.0 Å². The number of rotatable bonds is 19. The highest BCUT2D eigenvalue weighted by molar-refractivity contribution is 7.88. The Bertz CT molecular complexity index is 5380. The quantitative estimate of drug-likeness (QED) is 0.0152. The van der Waals surface area contributed by atoms with E-state index in [4.69, 9.17) is 9.31 Å². The third-order valence-electron chi connectivity index (χ3n) is 21.1. The molecule has 8 aromatic rings. The van der Waals surface area contributed by atoms with Crippen molar-refractivity contribution in [1.29, 1.82) is 0 Å². The summed E-state index contributed by atoms with van der Waals surface area (Å²) in [7, 11) is 0.578. The fourth-order valence-electron chi connectivity index (χ4n) is 14.9. The minimum atomic E-state index is -6.21. The van der Waals surface area contributed by atoms with Gasteiger partial charge in [-0.2, -0.15) is 31.8 Å². The SMILES string of the molecule is C.COC(=O)/C=C/c1cc(F)c(C2c3cc(F)c(-c4cnn(C)c4)cc3CC(C)N2CC(C)(C)F)c(F)c1.COC(=O)/C=C/c1cc(F)c(C2c3cc(F)c(O)cc3CC(C)N2CC(C)(C)F)c(F)c1.COC(=O)/C=C/c1cc(F)c(C2c3cc(F)c(OS(=O)(=O)C(F)(F)F)cc3CC(C)N2CC(C)(C)F)c(F)c1.Cn1cc(B2OC(C)(C)C(C)(C)O2)cn1. The van der Waals surface area contributed by atoms with E-state index in [1.807, 2.05) is 47.9 Å². The number of halogens is 15. The number of esters is 3. The van der Waals surface area contributed by atoms with Crippen molar-refractivity contribution in [3.63, 3.8) is 0 Å². The summed E-state index contributed by atoms with van der Waals surface area (Å²) in [5, 5.41) is 18.0. The minimum Gasteiger partial charge on any atom is -0.505 e. The summed E-state index contributed by atoms with van der Waals surface area (Å²) in [5.41, 5.74) is -9.08. The van der Waals surface area contributed by atoms with Crippen LogP contribution in [0.25, 0.3) is 29.4 Å². The van der Waals surface area contributed by atoms with E-state index in [0.717, 1.165) is 91.0 Å².